The van der Waals surface area contributed by atoms with Gasteiger partial charge in [-0.15, -0.1) is 0 Å². The van der Waals surface area contributed by atoms with E-state index in [1.165, 1.54) is 37.7 Å². The van der Waals surface area contributed by atoms with E-state index in [1.54, 1.807) is 0 Å². The van der Waals surface area contributed by atoms with E-state index in [1.807, 2.05) is 142 Å². The van der Waals surface area contributed by atoms with Crippen LogP contribution in [0.2, 0.25) is 0 Å². The molecule has 6 amide bonds. The number of carbonyl (C=O) groups excluding carboxylic acids is 6. The lowest BCUT2D eigenvalue weighted by atomic mass is 10.0. The molecule has 15 rings (SSSR count). The summed E-state index contributed by atoms with van der Waals surface area (Å²) in [4.78, 5) is 89.0. The fourth-order valence-corrected chi connectivity index (χ4v) is 16.5. The lowest BCUT2D eigenvalue weighted by Crippen LogP contribution is -2.48. The van der Waals surface area contributed by atoms with Crippen molar-refractivity contribution < 1.29 is 28.8 Å². The summed E-state index contributed by atoms with van der Waals surface area (Å²) in [5.41, 5.74) is 24.3. The van der Waals surface area contributed by atoms with Gasteiger partial charge in [-0.05, 0) is 171 Å². The van der Waals surface area contributed by atoms with Crippen LogP contribution in [0, 0.1) is 0 Å². The van der Waals surface area contributed by atoms with Gasteiger partial charge in [0.05, 0.1) is 31.0 Å². The molecule has 596 valence electrons. The molecule has 115 heavy (non-hydrogen) atoms. The molecule has 11 aromatic carbocycles. The molecular formula is C96H111N13O6. The van der Waals surface area contributed by atoms with Crippen molar-refractivity contribution in [3.8, 4) is 0 Å². The molecule has 0 bridgehead atoms. The van der Waals surface area contributed by atoms with Crippen LogP contribution in [0.1, 0.15) is 115 Å². The van der Waals surface area contributed by atoms with Crippen molar-refractivity contribution in [1.29, 1.82) is 0 Å². The van der Waals surface area contributed by atoms with E-state index in [4.69, 9.17) is 17.2 Å². The van der Waals surface area contributed by atoms with E-state index >= 15 is 0 Å². The summed E-state index contributed by atoms with van der Waals surface area (Å²) >= 11 is 0. The molecule has 0 unspecified atom stereocenters. The minimum Gasteiger partial charge on any atom is -0.361 e. The number of nitrogens with one attached hydrogen (secondary N) is 7. The Labute approximate surface area is 674 Å². The van der Waals surface area contributed by atoms with Gasteiger partial charge in [-0.25, -0.2) is 0 Å². The van der Waals surface area contributed by atoms with Gasteiger partial charge in [0.25, 0.3) is 5.91 Å². The molecule has 6 atom stereocenters. The quantitative estimate of drug-likeness (QED) is 0.0196. The number of rotatable bonds is 29. The number of benzene rings is 11. The van der Waals surface area contributed by atoms with Crippen LogP contribution < -0.4 is 49.1 Å². The monoisotopic (exact) mass is 1540 g/mol. The summed E-state index contributed by atoms with van der Waals surface area (Å²) in [6.45, 7) is 6.96. The number of para-hydroxylation sites is 1. The second-order valence-corrected chi connectivity index (χ2v) is 30.9. The normalized spacial score (nSPS) is 18.0. The Balaban J connectivity index is 0.000000150. The first-order chi connectivity index (χ1) is 56.4. The van der Waals surface area contributed by atoms with Crippen molar-refractivity contribution in [2.45, 2.75) is 146 Å². The molecule has 3 aliphatic heterocycles. The van der Waals surface area contributed by atoms with Crippen LogP contribution in [0.4, 0.5) is 0 Å². The number of carbonyl (C=O) groups is 6. The van der Waals surface area contributed by atoms with Crippen LogP contribution in [0.5, 0.6) is 0 Å². The van der Waals surface area contributed by atoms with Crippen LogP contribution >= 0.6 is 0 Å². The first-order valence-corrected chi connectivity index (χ1v) is 41.3. The average molecular weight is 1540 g/mol. The van der Waals surface area contributed by atoms with Crippen LogP contribution in [0.15, 0.2) is 243 Å². The molecule has 0 aliphatic carbocycles. The number of nitrogens with two attached hydrogens (primary N) is 3. The van der Waals surface area contributed by atoms with E-state index in [0.717, 1.165) is 132 Å². The summed E-state index contributed by atoms with van der Waals surface area (Å²) in [5.74, 6) is 0.270. The molecule has 0 radical (unpaired) electrons. The average Bonchev–Trinajstić information content (AvgIpc) is 1.61. The molecule has 4 heterocycles. The highest BCUT2D eigenvalue weighted by Gasteiger charge is 2.35. The van der Waals surface area contributed by atoms with E-state index in [0.29, 0.717) is 96.9 Å². The maximum absolute atomic E-state index is 13.7. The Morgan fingerprint density at radius 2 is 0.722 bits per heavy atom. The number of unbranched alkanes of at least 4 members (excludes halogenated alkanes) is 3. The zero-order valence-corrected chi connectivity index (χ0v) is 66.0. The van der Waals surface area contributed by atoms with Gasteiger partial charge in [0.1, 0.15) is 0 Å². The highest BCUT2D eigenvalue weighted by Crippen LogP contribution is 2.28. The predicted octanol–water partition coefficient (Wildman–Crippen LogP) is 13.0. The molecule has 3 saturated heterocycles. The molecule has 13 N–H and O–H groups in total. The van der Waals surface area contributed by atoms with Crippen molar-refractivity contribution in [3.05, 3.63) is 276 Å². The summed E-state index contributed by atoms with van der Waals surface area (Å²) in [6.07, 6.45) is 12.4. The van der Waals surface area contributed by atoms with Gasteiger partial charge >= 0.3 is 0 Å². The molecule has 12 aromatic rings. The number of hydrogen-bond donors (Lipinski definition) is 10. The number of hydrogen-bond acceptors (Lipinski definition) is 12. The summed E-state index contributed by atoms with van der Waals surface area (Å²) in [7, 11) is 0. The maximum atomic E-state index is 13.7. The molecule has 3 aliphatic rings. The SMILES string of the molecule is NCCCC[C@@H]1N[C@H](CNC(=O)Cc2c[nH]c3ccccc23)CCN(Cc2cccc3ccccc23)C1=O.NCCCC[C@@H]1N[C@H](CNC(=O)Cc2ccc3ccccc3c2)CCN(Cc2cccc3ccccc23)C1=O.NCCCC[C@@H]1N[C@H](CNC(=O)c2cccc3ccccc23)CCN(Cc2cccc3ccccc23)C1=O. The third-order valence-corrected chi connectivity index (χ3v) is 22.8. The summed E-state index contributed by atoms with van der Waals surface area (Å²) in [5, 5.41) is 32.5. The van der Waals surface area contributed by atoms with Crippen molar-refractivity contribution >= 4 is 100 Å². The third-order valence-electron chi connectivity index (χ3n) is 22.8. The molecule has 1 aromatic heterocycles. The lowest BCUT2D eigenvalue weighted by molar-refractivity contribution is -0.134. The zero-order chi connectivity index (χ0) is 79.7. The third kappa shape index (κ3) is 22.0. The van der Waals surface area contributed by atoms with Crippen LogP contribution in [-0.4, -0.2) is 150 Å². The second-order valence-electron chi connectivity index (χ2n) is 30.9. The maximum Gasteiger partial charge on any atom is 0.251 e. The highest BCUT2D eigenvalue weighted by molar-refractivity contribution is 6.07. The van der Waals surface area contributed by atoms with E-state index in [-0.39, 0.29) is 71.7 Å². The van der Waals surface area contributed by atoms with Crippen LogP contribution in [0.3, 0.4) is 0 Å². The van der Waals surface area contributed by atoms with Crippen molar-refractivity contribution in [2.24, 2.45) is 17.2 Å². The van der Waals surface area contributed by atoms with Gasteiger partial charge in [0.2, 0.25) is 29.5 Å². The van der Waals surface area contributed by atoms with Crippen molar-refractivity contribution in [3.63, 3.8) is 0 Å². The standard InChI is InChI=1S/C33H38N4O2.C32H36N4O2.C31H37N5O2/c34-18-6-5-14-31-33(39)37(23-28-12-7-11-26-9-3-4-13-30(26)28)19-17-29(36-31)22-35-32(38)21-24-15-16-25-8-1-2-10-27(25)20-24;33-19-6-5-17-30-32(38)36(22-25-13-7-11-23-9-1-3-14-27(23)25)20-18-26(35-30)21-34-31(37)29-16-8-12-24-10-2-4-15-28(24)29;32-16-6-5-14-29-31(38)36(21-23-10-7-9-22-8-1-2-11-26(22)23)17-15-25(35-29)20-34-30(37)18-24-19-33-28-13-4-3-12-27(24)28/h1-4,7-13,15-16,20,29,31,36H,5-6,14,17-19,21-23,34H2,(H,35,38);1-4,7-16,26,30,35H,5-6,17-22,33H2,(H,34,37);1-4,7-13,19,25,29,33,35H,5-6,14-18,20-21,32H2,(H,34,37)/t29-,31-;26-,30-;25-,29-/m000/s1. The Morgan fingerprint density at radius 1 is 0.357 bits per heavy atom. The lowest BCUT2D eigenvalue weighted by Gasteiger charge is -2.25. The van der Waals surface area contributed by atoms with E-state index in [9.17, 15) is 28.8 Å². The molecule has 0 spiro atoms. The smallest absolute Gasteiger partial charge is 0.251 e. The van der Waals surface area contributed by atoms with Gasteiger partial charge in [-0.1, -0.05) is 244 Å². The summed E-state index contributed by atoms with van der Waals surface area (Å²) < 4.78 is 0. The van der Waals surface area contributed by atoms with E-state index < -0.39 is 0 Å². The van der Waals surface area contributed by atoms with Gasteiger partial charge in [0, 0.05) is 99.7 Å². The number of nitrogens with zero attached hydrogens (tertiary/aromatic N) is 3. The number of H-pyrrole nitrogens is 1. The molecule has 0 saturated carbocycles. The Kier molecular flexibility index (Phi) is 29.3. The number of amides is 6. The molecular weight excluding hydrogens is 1430 g/mol. The number of aromatic nitrogens is 1. The Hall–Kier alpha value is -11.2. The molecule has 3 fully saturated rings. The first kappa shape index (κ1) is 81.8. The van der Waals surface area contributed by atoms with Gasteiger partial charge < -0.3 is 68.8 Å². The Morgan fingerprint density at radius 3 is 1.17 bits per heavy atom. The van der Waals surface area contributed by atoms with Crippen molar-refractivity contribution in [1.82, 2.24) is 51.6 Å². The van der Waals surface area contributed by atoms with Crippen LogP contribution in [0.25, 0.3) is 64.8 Å². The fraction of sp³-hybridized carbons (Fsp3) is 0.333. The van der Waals surface area contributed by atoms with E-state index in [2.05, 4.69) is 152 Å². The number of aromatic amines is 1. The second kappa shape index (κ2) is 41.2. The van der Waals surface area contributed by atoms with Crippen molar-refractivity contribution in [2.75, 3.05) is 58.9 Å². The largest absolute Gasteiger partial charge is 0.361 e. The molecule has 19 nitrogen and oxygen atoms in total. The van der Waals surface area contributed by atoms with Gasteiger partial charge in [-0.3, -0.25) is 28.8 Å². The zero-order valence-electron chi connectivity index (χ0n) is 66.0. The Bertz CT molecular complexity index is 5260. The number of fused-ring (bicyclic) bond motifs is 6. The fourth-order valence-electron chi connectivity index (χ4n) is 16.5. The minimum absolute atomic E-state index is 0.00160. The first-order valence-electron chi connectivity index (χ1n) is 41.3. The predicted molar refractivity (Wildman–Crippen MR) is 465 cm³/mol. The van der Waals surface area contributed by atoms with Gasteiger partial charge in [0.15, 0.2) is 0 Å². The summed E-state index contributed by atoms with van der Waals surface area (Å²) in [6, 6.07) is 79.0. The topological polar surface area (TPSA) is 278 Å². The minimum atomic E-state index is -0.293. The highest BCUT2D eigenvalue weighted by atomic mass is 16.2. The molecule has 19 heteroatoms. The van der Waals surface area contributed by atoms with Gasteiger partial charge in [-0.2, -0.15) is 0 Å². The van der Waals surface area contributed by atoms with Crippen LogP contribution in [-0.2, 0) is 56.4 Å².